The number of carboxylic acid groups (broad SMARTS) is 1. The second kappa shape index (κ2) is 18.3. The number of unbranched alkanes of at least 4 members (excludes halogenated alkanes) is 5. The molecule has 5 heteroatoms. The van der Waals surface area contributed by atoms with Crippen LogP contribution in [0, 0.1) is 17.8 Å². The summed E-state index contributed by atoms with van der Waals surface area (Å²) in [5.41, 5.74) is 0. The summed E-state index contributed by atoms with van der Waals surface area (Å²) in [5, 5.41) is 20.3. The monoisotopic (exact) mass is 505 g/mol. The Kier molecular flexibility index (Phi) is 18.2. The van der Waals surface area contributed by atoms with Gasteiger partial charge in [-0.3, -0.25) is 0 Å². The van der Waals surface area contributed by atoms with Crippen LogP contribution in [0.15, 0.2) is 0 Å². The molecule has 0 amide bonds. The molecule has 2 fully saturated rings. The predicted octanol–water partition coefficient (Wildman–Crippen LogP) is 5.51. The van der Waals surface area contributed by atoms with Gasteiger partial charge in [0, 0.05) is 11.9 Å². The van der Waals surface area contributed by atoms with Crippen molar-refractivity contribution in [2.24, 2.45) is 17.8 Å². The number of hydrogen-bond donors (Lipinski definition) is 1. The third-order valence-electron chi connectivity index (χ3n) is 7.99. The molecule has 2 saturated carbocycles. The summed E-state index contributed by atoms with van der Waals surface area (Å²) in [6.07, 6.45) is 17.6. The lowest BCUT2D eigenvalue weighted by Gasteiger charge is -2.36. The van der Waals surface area contributed by atoms with E-state index in [0.29, 0.717) is 18.4 Å². The summed E-state index contributed by atoms with van der Waals surface area (Å²) in [6, 6.07) is 0. The largest absolute Gasteiger partial charge is 0.550 e. The first-order valence-corrected chi connectivity index (χ1v) is 13.2. The minimum Gasteiger partial charge on any atom is -0.550 e. The molecule has 0 heterocycles. The van der Waals surface area contributed by atoms with Crippen molar-refractivity contribution in [1.82, 2.24) is 0 Å². The molecule has 1 N–H and O–H groups in total. The fourth-order valence-corrected chi connectivity index (χ4v) is 5.81. The van der Waals surface area contributed by atoms with Crippen molar-refractivity contribution in [3.63, 3.8) is 0 Å². The first kappa shape index (κ1) is 30.9. The number of carboxylic acids is 1. The van der Waals surface area contributed by atoms with Gasteiger partial charge in [-0.1, -0.05) is 58.3 Å². The lowest BCUT2D eigenvalue weighted by molar-refractivity contribution is -0.925. The molecule has 2 aliphatic rings. The summed E-state index contributed by atoms with van der Waals surface area (Å²) in [4.78, 5) is 11.2. The maximum Gasteiger partial charge on any atom is 0.102 e. The molecular formula is C26H52BrNO3. The quantitative estimate of drug-likeness (QED) is 0.250. The summed E-state index contributed by atoms with van der Waals surface area (Å²) in [6.45, 7) is 11.6. The number of likely N-dealkylation sites (N-methyl/N-ethyl adjacent to an activating group) is 1. The van der Waals surface area contributed by atoms with E-state index < -0.39 is 5.97 Å². The molecule has 0 aromatic carbocycles. The Balaban J connectivity index is 0.000000565. The van der Waals surface area contributed by atoms with E-state index in [0.717, 1.165) is 49.8 Å². The SMILES string of the molecule is Br.CCCCCCCC[N+](CC)(CC)CCO.O=C([O-])C(C1CCCC1)C1CCCC1. The van der Waals surface area contributed by atoms with E-state index in [9.17, 15) is 9.90 Å². The minimum atomic E-state index is -0.774. The minimum absolute atomic E-state index is 0. The van der Waals surface area contributed by atoms with Crippen molar-refractivity contribution < 1.29 is 19.5 Å². The van der Waals surface area contributed by atoms with Crippen LogP contribution < -0.4 is 5.11 Å². The molecule has 2 aliphatic carbocycles. The van der Waals surface area contributed by atoms with Crippen molar-refractivity contribution in [3.05, 3.63) is 0 Å². The van der Waals surface area contributed by atoms with Crippen molar-refractivity contribution >= 4 is 23.0 Å². The second-order valence-electron chi connectivity index (χ2n) is 9.85. The summed E-state index contributed by atoms with van der Waals surface area (Å²) in [7, 11) is 0. The Morgan fingerprint density at radius 1 is 0.839 bits per heavy atom. The first-order valence-electron chi connectivity index (χ1n) is 13.2. The molecule has 0 aliphatic heterocycles. The number of rotatable bonds is 14. The van der Waals surface area contributed by atoms with Crippen LogP contribution >= 0.6 is 17.0 Å². The van der Waals surface area contributed by atoms with E-state index >= 15 is 0 Å². The van der Waals surface area contributed by atoms with Crippen LogP contribution in [-0.2, 0) is 4.79 Å². The number of aliphatic hydroxyl groups excluding tert-OH is 1. The van der Waals surface area contributed by atoms with Crippen molar-refractivity contribution in [1.29, 1.82) is 0 Å². The highest BCUT2D eigenvalue weighted by molar-refractivity contribution is 8.93. The second-order valence-corrected chi connectivity index (χ2v) is 9.85. The molecule has 186 valence electrons. The number of nitrogens with zero attached hydrogens (tertiary/aromatic N) is 1. The Labute approximate surface area is 203 Å². The molecule has 0 radical (unpaired) electrons. The number of carbonyl (C=O) groups is 1. The highest BCUT2D eigenvalue weighted by atomic mass is 79.9. The first-order chi connectivity index (χ1) is 14.5. The van der Waals surface area contributed by atoms with Crippen LogP contribution in [0.2, 0.25) is 0 Å². The maximum atomic E-state index is 11.2. The fraction of sp³-hybridized carbons (Fsp3) is 0.962. The summed E-state index contributed by atoms with van der Waals surface area (Å²) in [5.74, 6) is -0.0324. The maximum absolute atomic E-state index is 11.2. The van der Waals surface area contributed by atoms with E-state index in [1.165, 1.54) is 70.8 Å². The van der Waals surface area contributed by atoms with E-state index in [4.69, 9.17) is 5.11 Å². The molecule has 0 bridgehead atoms. The lowest BCUT2D eigenvalue weighted by Crippen LogP contribution is -2.50. The van der Waals surface area contributed by atoms with Crippen LogP contribution in [-0.4, -0.2) is 48.3 Å². The summed E-state index contributed by atoms with van der Waals surface area (Å²) >= 11 is 0. The average Bonchev–Trinajstić information content (AvgIpc) is 3.45. The Morgan fingerprint density at radius 2 is 1.29 bits per heavy atom. The van der Waals surface area contributed by atoms with Gasteiger partial charge in [-0.2, -0.15) is 0 Å². The van der Waals surface area contributed by atoms with Gasteiger partial charge in [0.05, 0.1) is 26.2 Å². The zero-order valence-electron chi connectivity index (χ0n) is 20.8. The van der Waals surface area contributed by atoms with Crippen LogP contribution in [0.5, 0.6) is 0 Å². The number of halogens is 1. The smallest absolute Gasteiger partial charge is 0.102 e. The fourth-order valence-electron chi connectivity index (χ4n) is 5.81. The molecule has 0 aromatic rings. The van der Waals surface area contributed by atoms with Crippen molar-refractivity contribution in [2.75, 3.05) is 32.8 Å². The molecule has 0 spiro atoms. The van der Waals surface area contributed by atoms with E-state index in [2.05, 4.69) is 20.8 Å². The van der Waals surface area contributed by atoms with Gasteiger partial charge in [0.25, 0.3) is 0 Å². The van der Waals surface area contributed by atoms with Gasteiger partial charge >= 0.3 is 0 Å². The standard InChI is InChI=1S/C14H32NO.C12H20O2.BrH/c1-4-7-8-9-10-11-12-15(5-2,6-3)13-14-16;13-12(14)11(9-5-1-2-6-9)10-7-3-4-8-10;/h16H,4-14H2,1-3H3;9-11H,1-8H2,(H,13,14);1H/q+1;;/p-1. The average molecular weight is 507 g/mol. The zero-order chi connectivity index (χ0) is 22.2. The Bertz CT molecular complexity index is 414. The van der Waals surface area contributed by atoms with Crippen LogP contribution in [0.25, 0.3) is 0 Å². The lowest BCUT2D eigenvalue weighted by atomic mass is 9.79. The zero-order valence-corrected chi connectivity index (χ0v) is 22.5. The van der Waals surface area contributed by atoms with Gasteiger partial charge in [-0.15, -0.1) is 17.0 Å². The highest BCUT2D eigenvalue weighted by Crippen LogP contribution is 2.41. The molecule has 0 unspecified atom stereocenters. The number of carbonyl (C=O) groups excluding carboxylic acids is 1. The molecule has 2 rings (SSSR count). The van der Waals surface area contributed by atoms with E-state index in [1.807, 2.05) is 0 Å². The van der Waals surface area contributed by atoms with Gasteiger partial charge in [-0.25, -0.2) is 0 Å². The third kappa shape index (κ3) is 11.5. The number of quaternary nitrogens is 1. The van der Waals surface area contributed by atoms with Gasteiger partial charge in [0.15, 0.2) is 0 Å². The summed E-state index contributed by atoms with van der Waals surface area (Å²) < 4.78 is 1.10. The van der Waals surface area contributed by atoms with E-state index in [1.54, 1.807) is 0 Å². The van der Waals surface area contributed by atoms with Crippen molar-refractivity contribution in [3.8, 4) is 0 Å². The molecule has 0 atom stereocenters. The van der Waals surface area contributed by atoms with Crippen LogP contribution in [0.4, 0.5) is 0 Å². The number of hydrogen-bond acceptors (Lipinski definition) is 3. The molecule has 31 heavy (non-hydrogen) atoms. The number of aliphatic hydroxyl groups is 1. The van der Waals surface area contributed by atoms with Gasteiger partial charge in [0.2, 0.25) is 0 Å². The van der Waals surface area contributed by atoms with E-state index in [-0.39, 0.29) is 22.9 Å². The Hall–Kier alpha value is -0.130. The Morgan fingerprint density at radius 3 is 1.68 bits per heavy atom. The third-order valence-corrected chi connectivity index (χ3v) is 7.99. The van der Waals surface area contributed by atoms with Crippen LogP contribution in [0.1, 0.15) is 111 Å². The molecule has 0 aromatic heterocycles. The highest BCUT2D eigenvalue weighted by Gasteiger charge is 2.33. The molecular weight excluding hydrogens is 454 g/mol. The van der Waals surface area contributed by atoms with Gasteiger partial charge in [-0.05, 0) is 64.2 Å². The number of aliphatic carboxylic acids is 1. The van der Waals surface area contributed by atoms with Gasteiger partial charge < -0.3 is 19.5 Å². The van der Waals surface area contributed by atoms with Crippen LogP contribution in [0.3, 0.4) is 0 Å². The topological polar surface area (TPSA) is 60.4 Å². The molecule has 0 saturated heterocycles. The van der Waals surface area contributed by atoms with Crippen molar-refractivity contribution in [2.45, 2.75) is 111 Å². The molecule has 4 nitrogen and oxygen atoms in total. The normalized spacial score (nSPS) is 17.5. The predicted molar refractivity (Wildman–Crippen MR) is 134 cm³/mol. The van der Waals surface area contributed by atoms with Gasteiger partial charge in [0.1, 0.15) is 6.54 Å².